The number of aryl methyl sites for hydroxylation is 1. The first-order chi connectivity index (χ1) is 7.17. The van der Waals surface area contributed by atoms with Crippen LogP contribution in [0.5, 0.6) is 0 Å². The molecule has 3 heterocycles. The van der Waals surface area contributed by atoms with E-state index in [1.165, 1.54) is 23.3 Å². The van der Waals surface area contributed by atoms with Crippen LogP contribution in [0.25, 0.3) is 0 Å². The molecule has 2 bridgehead atoms. The summed E-state index contributed by atoms with van der Waals surface area (Å²) in [4.78, 5) is 1.28. The molecule has 2 atom stereocenters. The minimum absolute atomic E-state index is 0.535. The van der Waals surface area contributed by atoms with Gasteiger partial charge in [0.25, 0.3) is 0 Å². The van der Waals surface area contributed by atoms with E-state index in [0.29, 0.717) is 12.1 Å². The highest BCUT2D eigenvalue weighted by atomic mass is 32.1. The summed E-state index contributed by atoms with van der Waals surface area (Å²) < 4.78 is 0. The molecule has 0 amide bonds. The number of aliphatic hydroxyl groups is 1. The van der Waals surface area contributed by atoms with E-state index in [1.807, 2.05) is 0 Å². The number of hydrogen-bond acceptors (Lipinski definition) is 3. The summed E-state index contributed by atoms with van der Waals surface area (Å²) in [5.74, 6) is 0. The Morgan fingerprint density at radius 1 is 1.40 bits per heavy atom. The van der Waals surface area contributed by atoms with Crippen LogP contribution in [0.2, 0.25) is 0 Å². The zero-order chi connectivity index (χ0) is 10.5. The lowest BCUT2D eigenvalue weighted by Crippen LogP contribution is -2.46. The Kier molecular flexibility index (Phi) is 2.16. The summed E-state index contributed by atoms with van der Waals surface area (Å²) in [6.07, 6.45) is 4.24. The lowest BCUT2D eigenvalue weighted by Gasteiger charge is -2.37. The van der Waals surface area contributed by atoms with Crippen molar-refractivity contribution in [2.45, 2.75) is 50.3 Å². The van der Waals surface area contributed by atoms with Crippen molar-refractivity contribution in [2.75, 3.05) is 0 Å². The fraction of sp³-hybridized carbons (Fsp3) is 0.667. The van der Waals surface area contributed by atoms with E-state index in [0.717, 1.165) is 12.8 Å². The van der Waals surface area contributed by atoms with Crippen LogP contribution in [0.1, 0.15) is 36.1 Å². The van der Waals surface area contributed by atoms with Crippen LogP contribution >= 0.6 is 11.3 Å². The van der Waals surface area contributed by atoms with Gasteiger partial charge in [0.2, 0.25) is 0 Å². The second-order valence-electron chi connectivity index (χ2n) is 4.97. The summed E-state index contributed by atoms with van der Waals surface area (Å²) in [6.45, 7) is 2.11. The van der Waals surface area contributed by atoms with E-state index in [9.17, 15) is 5.11 Å². The standard InChI is InChI=1S/C12H17NOS/c1-8-11(4-5-15-8)12(14)6-9-2-3-10(7-12)13-9/h4-5,9-10,13-14H,2-3,6-7H2,1H3. The average molecular weight is 223 g/mol. The Morgan fingerprint density at radius 3 is 2.60 bits per heavy atom. The third-order valence-corrected chi connectivity index (χ3v) is 4.71. The van der Waals surface area contributed by atoms with Gasteiger partial charge in [0.05, 0.1) is 5.60 Å². The summed E-state index contributed by atoms with van der Waals surface area (Å²) in [7, 11) is 0. The molecule has 0 saturated carbocycles. The Balaban J connectivity index is 1.94. The number of thiophene rings is 1. The van der Waals surface area contributed by atoms with Crippen molar-refractivity contribution >= 4 is 11.3 Å². The predicted octanol–water partition coefficient (Wildman–Crippen LogP) is 2.16. The molecule has 1 aromatic heterocycles. The van der Waals surface area contributed by atoms with Crippen LogP contribution < -0.4 is 5.32 Å². The summed E-state index contributed by atoms with van der Waals surface area (Å²) in [5.41, 5.74) is 0.618. The molecule has 2 unspecified atom stereocenters. The van der Waals surface area contributed by atoms with Crippen molar-refractivity contribution in [1.82, 2.24) is 5.32 Å². The summed E-state index contributed by atoms with van der Waals surface area (Å²) in [6, 6.07) is 3.17. The van der Waals surface area contributed by atoms with Crippen LogP contribution in [0.3, 0.4) is 0 Å². The van der Waals surface area contributed by atoms with Gasteiger partial charge in [-0.3, -0.25) is 0 Å². The molecule has 3 rings (SSSR count). The molecule has 82 valence electrons. The van der Waals surface area contributed by atoms with Gasteiger partial charge in [0.15, 0.2) is 0 Å². The molecule has 0 radical (unpaired) electrons. The van der Waals surface area contributed by atoms with E-state index < -0.39 is 5.60 Å². The first-order valence-corrected chi connectivity index (χ1v) is 6.58. The zero-order valence-electron chi connectivity index (χ0n) is 8.99. The summed E-state index contributed by atoms with van der Waals surface area (Å²) >= 11 is 1.74. The van der Waals surface area contributed by atoms with Crippen LogP contribution in [-0.4, -0.2) is 17.2 Å². The molecule has 2 fully saturated rings. The Morgan fingerprint density at radius 2 is 2.07 bits per heavy atom. The lowest BCUT2D eigenvalue weighted by atomic mass is 9.82. The van der Waals surface area contributed by atoms with Crippen LogP contribution in [0.4, 0.5) is 0 Å². The van der Waals surface area contributed by atoms with Gasteiger partial charge in [-0.25, -0.2) is 0 Å². The first kappa shape index (κ1) is 9.82. The average Bonchev–Trinajstić information content (AvgIpc) is 2.73. The molecule has 1 aromatic rings. The van der Waals surface area contributed by atoms with Gasteiger partial charge < -0.3 is 10.4 Å². The third kappa shape index (κ3) is 1.53. The van der Waals surface area contributed by atoms with Crippen molar-refractivity contribution in [3.8, 4) is 0 Å². The maximum atomic E-state index is 10.8. The van der Waals surface area contributed by atoms with Crippen molar-refractivity contribution in [1.29, 1.82) is 0 Å². The van der Waals surface area contributed by atoms with Crippen molar-refractivity contribution in [3.05, 3.63) is 21.9 Å². The Hall–Kier alpha value is -0.380. The smallest absolute Gasteiger partial charge is 0.0936 e. The van der Waals surface area contributed by atoms with Gasteiger partial charge in [0.1, 0.15) is 0 Å². The molecule has 0 aromatic carbocycles. The highest BCUT2D eigenvalue weighted by Gasteiger charge is 2.44. The lowest BCUT2D eigenvalue weighted by molar-refractivity contribution is -0.0115. The Labute approximate surface area is 94.3 Å². The maximum absolute atomic E-state index is 10.8. The SMILES string of the molecule is Cc1sccc1C1(O)CC2CCC(C1)N2. The molecule has 2 N–H and O–H groups in total. The minimum Gasteiger partial charge on any atom is -0.385 e. The number of nitrogens with one attached hydrogen (secondary N) is 1. The molecule has 15 heavy (non-hydrogen) atoms. The highest BCUT2D eigenvalue weighted by molar-refractivity contribution is 7.10. The second kappa shape index (κ2) is 3.30. The minimum atomic E-state index is -0.554. The van der Waals surface area contributed by atoms with E-state index in [1.54, 1.807) is 11.3 Å². The van der Waals surface area contributed by atoms with Crippen LogP contribution in [0.15, 0.2) is 11.4 Å². The number of rotatable bonds is 1. The number of hydrogen-bond donors (Lipinski definition) is 2. The normalized spacial score (nSPS) is 39.6. The molecule has 2 nitrogen and oxygen atoms in total. The van der Waals surface area contributed by atoms with Gasteiger partial charge in [-0.2, -0.15) is 0 Å². The fourth-order valence-corrected chi connectivity index (χ4v) is 4.00. The van der Waals surface area contributed by atoms with Gasteiger partial charge >= 0.3 is 0 Å². The number of piperidine rings is 1. The quantitative estimate of drug-likeness (QED) is 0.764. The maximum Gasteiger partial charge on any atom is 0.0936 e. The van der Waals surface area contributed by atoms with Crippen LogP contribution in [0, 0.1) is 6.92 Å². The second-order valence-corrected chi connectivity index (χ2v) is 6.09. The van der Waals surface area contributed by atoms with E-state index in [-0.39, 0.29) is 0 Å². The van der Waals surface area contributed by atoms with Gasteiger partial charge in [-0.05, 0) is 49.6 Å². The molecule has 0 spiro atoms. The highest BCUT2D eigenvalue weighted by Crippen LogP contribution is 2.42. The molecule has 3 heteroatoms. The molecule has 2 aliphatic heterocycles. The number of fused-ring (bicyclic) bond motifs is 2. The van der Waals surface area contributed by atoms with E-state index >= 15 is 0 Å². The van der Waals surface area contributed by atoms with E-state index in [4.69, 9.17) is 0 Å². The molecular weight excluding hydrogens is 206 g/mol. The largest absolute Gasteiger partial charge is 0.385 e. The Bertz CT molecular complexity index is 361. The van der Waals surface area contributed by atoms with Gasteiger partial charge in [-0.15, -0.1) is 11.3 Å². The third-order valence-electron chi connectivity index (χ3n) is 3.86. The van der Waals surface area contributed by atoms with Crippen LogP contribution in [-0.2, 0) is 5.60 Å². The molecular formula is C12H17NOS. The predicted molar refractivity (Wildman–Crippen MR) is 62.1 cm³/mol. The first-order valence-electron chi connectivity index (χ1n) is 5.70. The van der Waals surface area contributed by atoms with Crippen molar-refractivity contribution in [3.63, 3.8) is 0 Å². The van der Waals surface area contributed by atoms with E-state index in [2.05, 4.69) is 23.7 Å². The summed E-state index contributed by atoms with van der Waals surface area (Å²) in [5, 5.41) is 16.4. The fourth-order valence-electron chi connectivity index (χ4n) is 3.21. The van der Waals surface area contributed by atoms with Gasteiger partial charge in [-0.1, -0.05) is 0 Å². The topological polar surface area (TPSA) is 32.3 Å². The van der Waals surface area contributed by atoms with Gasteiger partial charge in [0, 0.05) is 17.0 Å². The van der Waals surface area contributed by atoms with Crippen molar-refractivity contribution in [2.24, 2.45) is 0 Å². The molecule has 0 aliphatic carbocycles. The monoisotopic (exact) mass is 223 g/mol. The van der Waals surface area contributed by atoms with Crippen molar-refractivity contribution < 1.29 is 5.11 Å². The molecule has 2 saturated heterocycles. The molecule has 2 aliphatic rings. The zero-order valence-corrected chi connectivity index (χ0v) is 9.81.